The molecule has 0 aromatic heterocycles. The van der Waals surface area contributed by atoms with Gasteiger partial charge in [-0.3, -0.25) is 9.63 Å². The molecule has 2 atom stereocenters. The first kappa shape index (κ1) is 19.5. The molecular formula is C19H22N2O5S. The zero-order chi connectivity index (χ0) is 19.4. The van der Waals surface area contributed by atoms with Crippen LogP contribution in [0, 0.1) is 0 Å². The van der Waals surface area contributed by atoms with E-state index >= 15 is 0 Å². The Morgan fingerprint density at radius 1 is 1.11 bits per heavy atom. The van der Waals surface area contributed by atoms with Crippen LogP contribution in [-0.4, -0.2) is 45.5 Å². The molecule has 1 heterocycles. The highest BCUT2D eigenvalue weighted by Crippen LogP contribution is 2.26. The van der Waals surface area contributed by atoms with Gasteiger partial charge in [-0.1, -0.05) is 35.2 Å². The van der Waals surface area contributed by atoms with Gasteiger partial charge in [0.25, 0.3) is 15.9 Å². The second kappa shape index (κ2) is 8.18. The molecule has 8 heteroatoms. The van der Waals surface area contributed by atoms with E-state index in [9.17, 15) is 13.2 Å². The minimum absolute atomic E-state index is 0.0263. The zero-order valence-corrected chi connectivity index (χ0v) is 16.0. The molecule has 1 N–H and O–H groups in total. The van der Waals surface area contributed by atoms with Crippen LogP contribution < -0.4 is 4.89 Å². The molecule has 1 amide bonds. The standard InChI is InChI=1S/C19H22N2O5S/c1-14-12-21(13-18(26-14)15-6-4-3-5-7-15)19(22)16-8-10-17(11-9-16)27(23,24)20-25-2/h3-11,14,18,20H,12-13H2,1-2H3. The van der Waals surface area contributed by atoms with Crippen molar-refractivity contribution in [3.8, 4) is 0 Å². The van der Waals surface area contributed by atoms with Gasteiger partial charge < -0.3 is 9.64 Å². The largest absolute Gasteiger partial charge is 0.367 e. The molecular weight excluding hydrogens is 368 g/mol. The Bertz CT molecular complexity index is 884. The van der Waals surface area contributed by atoms with Gasteiger partial charge in [0.15, 0.2) is 0 Å². The van der Waals surface area contributed by atoms with E-state index < -0.39 is 10.0 Å². The summed E-state index contributed by atoms with van der Waals surface area (Å²) in [6.45, 7) is 2.85. The summed E-state index contributed by atoms with van der Waals surface area (Å²) in [5.41, 5.74) is 1.45. The third-order valence-electron chi connectivity index (χ3n) is 4.32. The van der Waals surface area contributed by atoms with Gasteiger partial charge in [-0.2, -0.15) is 0 Å². The summed E-state index contributed by atoms with van der Waals surface area (Å²) in [5, 5.41) is 0. The van der Waals surface area contributed by atoms with E-state index in [4.69, 9.17) is 4.74 Å². The number of hydrogen-bond acceptors (Lipinski definition) is 5. The number of ether oxygens (including phenoxy) is 1. The Balaban J connectivity index is 1.76. The molecule has 2 aromatic rings. The number of benzene rings is 2. The molecule has 0 radical (unpaired) electrons. The quantitative estimate of drug-likeness (QED) is 0.791. The van der Waals surface area contributed by atoms with E-state index in [2.05, 4.69) is 4.84 Å². The van der Waals surface area contributed by atoms with Gasteiger partial charge >= 0.3 is 0 Å². The van der Waals surface area contributed by atoms with Crippen molar-refractivity contribution in [2.75, 3.05) is 20.2 Å². The summed E-state index contributed by atoms with van der Waals surface area (Å²) in [4.78, 5) is 21.1. The zero-order valence-electron chi connectivity index (χ0n) is 15.2. The molecule has 0 saturated carbocycles. The average Bonchev–Trinajstić information content (AvgIpc) is 2.68. The Kier molecular flexibility index (Phi) is 5.91. The molecule has 2 aromatic carbocycles. The molecule has 1 saturated heterocycles. The number of nitrogens with zero attached hydrogens (tertiary/aromatic N) is 1. The van der Waals surface area contributed by atoms with Crippen LogP contribution in [0.3, 0.4) is 0 Å². The molecule has 1 aliphatic rings. The van der Waals surface area contributed by atoms with E-state index in [1.807, 2.05) is 42.1 Å². The van der Waals surface area contributed by atoms with E-state index in [0.29, 0.717) is 18.7 Å². The fraction of sp³-hybridized carbons (Fsp3) is 0.316. The lowest BCUT2D eigenvalue weighted by molar-refractivity contribution is -0.0691. The molecule has 1 aliphatic heterocycles. The monoisotopic (exact) mass is 390 g/mol. The van der Waals surface area contributed by atoms with Crippen molar-refractivity contribution in [1.29, 1.82) is 0 Å². The number of nitrogens with one attached hydrogen (secondary N) is 1. The van der Waals surface area contributed by atoms with Crippen molar-refractivity contribution in [2.45, 2.75) is 24.0 Å². The number of amides is 1. The Hall–Kier alpha value is -2.26. The number of carbonyl (C=O) groups is 1. The van der Waals surface area contributed by atoms with Crippen LogP contribution in [0.25, 0.3) is 0 Å². The van der Waals surface area contributed by atoms with E-state index in [0.717, 1.165) is 5.56 Å². The Morgan fingerprint density at radius 2 is 1.78 bits per heavy atom. The molecule has 1 fully saturated rings. The summed E-state index contributed by atoms with van der Waals surface area (Å²) < 4.78 is 29.8. The summed E-state index contributed by atoms with van der Waals surface area (Å²) in [7, 11) is -2.53. The molecule has 0 spiro atoms. The predicted molar refractivity (Wildman–Crippen MR) is 99.4 cm³/mol. The molecule has 0 aliphatic carbocycles. The van der Waals surface area contributed by atoms with Crippen molar-refractivity contribution in [2.24, 2.45) is 0 Å². The Morgan fingerprint density at radius 3 is 2.41 bits per heavy atom. The van der Waals surface area contributed by atoms with Crippen LogP contribution in [0.4, 0.5) is 0 Å². The SMILES string of the molecule is CONS(=O)(=O)c1ccc(C(=O)N2CC(C)OC(c3ccccc3)C2)cc1. The maximum atomic E-state index is 12.9. The highest BCUT2D eigenvalue weighted by atomic mass is 32.2. The maximum absolute atomic E-state index is 12.9. The molecule has 0 bridgehead atoms. The van der Waals surface area contributed by atoms with Crippen molar-refractivity contribution in [3.63, 3.8) is 0 Å². The first-order chi connectivity index (χ1) is 12.9. The summed E-state index contributed by atoms with van der Waals surface area (Å²) >= 11 is 0. The van der Waals surface area contributed by atoms with Crippen molar-refractivity contribution >= 4 is 15.9 Å². The topological polar surface area (TPSA) is 84.9 Å². The second-order valence-corrected chi connectivity index (χ2v) is 8.02. The number of morpholine rings is 1. The van der Waals surface area contributed by atoms with Crippen molar-refractivity contribution in [3.05, 3.63) is 65.7 Å². The molecule has 7 nitrogen and oxygen atoms in total. The highest BCUT2D eigenvalue weighted by molar-refractivity contribution is 7.89. The second-order valence-electron chi connectivity index (χ2n) is 6.37. The molecule has 3 rings (SSSR count). The van der Waals surface area contributed by atoms with Crippen LogP contribution in [0.2, 0.25) is 0 Å². The smallest absolute Gasteiger partial charge is 0.262 e. The first-order valence-electron chi connectivity index (χ1n) is 8.55. The van der Waals surface area contributed by atoms with E-state index in [1.165, 1.54) is 31.4 Å². The van der Waals surface area contributed by atoms with Crippen molar-refractivity contribution in [1.82, 2.24) is 9.79 Å². The van der Waals surface area contributed by atoms with Gasteiger partial charge in [-0.05, 0) is 36.8 Å². The van der Waals surface area contributed by atoms with Gasteiger partial charge in [0.2, 0.25) is 0 Å². The highest BCUT2D eigenvalue weighted by Gasteiger charge is 2.30. The Labute approximate surface area is 158 Å². The number of hydrogen-bond donors (Lipinski definition) is 1. The number of sulfonamides is 1. The average molecular weight is 390 g/mol. The van der Waals surface area contributed by atoms with E-state index in [1.54, 1.807) is 4.90 Å². The van der Waals surface area contributed by atoms with Gasteiger partial charge in [-0.25, -0.2) is 8.42 Å². The molecule has 27 heavy (non-hydrogen) atoms. The van der Waals surface area contributed by atoms with Crippen LogP contribution in [0.1, 0.15) is 28.9 Å². The van der Waals surface area contributed by atoms with E-state index in [-0.39, 0.29) is 23.0 Å². The van der Waals surface area contributed by atoms with Gasteiger partial charge in [-0.15, -0.1) is 0 Å². The minimum Gasteiger partial charge on any atom is -0.367 e. The van der Waals surface area contributed by atoms with Crippen LogP contribution in [-0.2, 0) is 19.6 Å². The van der Waals surface area contributed by atoms with Crippen molar-refractivity contribution < 1.29 is 22.8 Å². The van der Waals surface area contributed by atoms with Gasteiger partial charge in [0.05, 0.1) is 24.7 Å². The van der Waals surface area contributed by atoms with Crippen LogP contribution in [0.15, 0.2) is 59.5 Å². The first-order valence-corrected chi connectivity index (χ1v) is 10.0. The normalized spacial score (nSPS) is 20.4. The maximum Gasteiger partial charge on any atom is 0.262 e. The lowest BCUT2D eigenvalue weighted by atomic mass is 10.1. The lowest BCUT2D eigenvalue weighted by Gasteiger charge is -2.37. The number of carbonyl (C=O) groups excluding carboxylic acids is 1. The minimum atomic E-state index is -3.75. The number of rotatable bonds is 5. The molecule has 2 unspecified atom stereocenters. The van der Waals surface area contributed by atoms with Crippen LogP contribution in [0.5, 0.6) is 0 Å². The van der Waals surface area contributed by atoms with Gasteiger partial charge in [0, 0.05) is 12.1 Å². The predicted octanol–water partition coefficient (Wildman–Crippen LogP) is 2.13. The van der Waals surface area contributed by atoms with Gasteiger partial charge in [0.1, 0.15) is 6.10 Å². The summed E-state index contributed by atoms with van der Waals surface area (Å²) in [6, 6.07) is 15.6. The van der Waals surface area contributed by atoms with Crippen LogP contribution >= 0.6 is 0 Å². The summed E-state index contributed by atoms with van der Waals surface area (Å²) in [5.74, 6) is -0.158. The third kappa shape index (κ3) is 4.54. The fourth-order valence-corrected chi connectivity index (χ4v) is 3.90. The lowest BCUT2D eigenvalue weighted by Crippen LogP contribution is -2.46. The fourth-order valence-electron chi connectivity index (χ4n) is 3.09. The molecule has 144 valence electrons. The third-order valence-corrected chi connectivity index (χ3v) is 5.60. The summed E-state index contributed by atoms with van der Waals surface area (Å²) in [6.07, 6.45) is -0.289.